The van der Waals surface area contributed by atoms with Crippen molar-refractivity contribution in [2.45, 2.75) is 13.8 Å². The molecular formula is C13H18N4O3. The highest BCUT2D eigenvalue weighted by atomic mass is 16.5. The average Bonchev–Trinajstić information content (AvgIpc) is 2.47. The van der Waals surface area contributed by atoms with E-state index in [1.807, 2.05) is 4.90 Å². The van der Waals surface area contributed by atoms with Gasteiger partial charge in [-0.25, -0.2) is 14.8 Å². The second kappa shape index (κ2) is 6.31. The van der Waals surface area contributed by atoms with Crippen LogP contribution in [-0.4, -0.2) is 60.0 Å². The Morgan fingerprint density at radius 2 is 2.10 bits per heavy atom. The molecule has 1 saturated heterocycles. The number of rotatable bonds is 4. The average molecular weight is 278 g/mol. The van der Waals surface area contributed by atoms with Gasteiger partial charge in [0.25, 0.3) is 0 Å². The van der Waals surface area contributed by atoms with Crippen molar-refractivity contribution in [2.75, 3.05) is 37.7 Å². The number of carbonyl (C=O) groups excluding carboxylic acids is 2. The minimum Gasteiger partial charge on any atom is -0.462 e. The van der Waals surface area contributed by atoms with Crippen LogP contribution in [0.25, 0.3) is 0 Å². The molecule has 20 heavy (non-hydrogen) atoms. The van der Waals surface area contributed by atoms with E-state index in [1.165, 1.54) is 6.20 Å². The molecule has 1 aliphatic heterocycles. The molecule has 2 rings (SSSR count). The molecule has 7 heteroatoms. The molecule has 1 aromatic heterocycles. The number of amides is 1. The van der Waals surface area contributed by atoms with Crippen molar-refractivity contribution in [2.24, 2.45) is 0 Å². The number of anilines is 1. The van der Waals surface area contributed by atoms with E-state index in [4.69, 9.17) is 4.74 Å². The molecule has 0 spiro atoms. The first-order chi connectivity index (χ1) is 9.65. The maximum Gasteiger partial charge on any atom is 0.341 e. The summed E-state index contributed by atoms with van der Waals surface area (Å²) >= 11 is 0. The molecule has 0 saturated carbocycles. The summed E-state index contributed by atoms with van der Waals surface area (Å²) in [6, 6.07) is 0. The first kappa shape index (κ1) is 14.2. The number of aromatic nitrogens is 2. The number of esters is 1. The molecule has 0 aliphatic carbocycles. The molecule has 0 N–H and O–H groups in total. The number of ether oxygens (including phenoxy) is 1. The SMILES string of the molecule is CCOC(=O)c1cnc(N2CCN(C=O)CC2)nc1C. The fourth-order valence-electron chi connectivity index (χ4n) is 2.04. The van der Waals surface area contributed by atoms with E-state index in [2.05, 4.69) is 9.97 Å². The molecular weight excluding hydrogens is 260 g/mol. The Kier molecular flexibility index (Phi) is 4.49. The van der Waals surface area contributed by atoms with Crippen LogP contribution in [-0.2, 0) is 9.53 Å². The lowest BCUT2D eigenvalue weighted by atomic mass is 10.2. The number of nitrogens with zero attached hydrogens (tertiary/aromatic N) is 4. The molecule has 0 radical (unpaired) electrons. The summed E-state index contributed by atoms with van der Waals surface area (Å²) in [5.41, 5.74) is 0.994. The van der Waals surface area contributed by atoms with Crippen molar-refractivity contribution in [1.29, 1.82) is 0 Å². The van der Waals surface area contributed by atoms with Crippen LogP contribution in [0.2, 0.25) is 0 Å². The molecule has 0 atom stereocenters. The summed E-state index contributed by atoms with van der Waals surface area (Å²) in [5.74, 6) is 0.184. The molecule has 0 bridgehead atoms. The zero-order valence-corrected chi connectivity index (χ0v) is 11.7. The van der Waals surface area contributed by atoms with Crippen molar-refractivity contribution >= 4 is 18.3 Å². The van der Waals surface area contributed by atoms with Gasteiger partial charge < -0.3 is 14.5 Å². The standard InChI is InChI=1S/C13H18N4O3/c1-3-20-12(19)11-8-14-13(15-10(11)2)17-6-4-16(9-18)5-7-17/h8-9H,3-7H2,1-2H3. The van der Waals surface area contributed by atoms with Crippen LogP contribution in [0.4, 0.5) is 5.95 Å². The van der Waals surface area contributed by atoms with E-state index in [-0.39, 0.29) is 0 Å². The van der Waals surface area contributed by atoms with Crippen molar-refractivity contribution in [3.8, 4) is 0 Å². The van der Waals surface area contributed by atoms with Gasteiger partial charge in [0.2, 0.25) is 12.4 Å². The van der Waals surface area contributed by atoms with E-state index in [1.54, 1.807) is 18.7 Å². The summed E-state index contributed by atoms with van der Waals surface area (Å²) in [4.78, 5) is 34.6. The Bertz CT molecular complexity index is 498. The molecule has 7 nitrogen and oxygen atoms in total. The molecule has 1 aliphatic rings. The minimum absolute atomic E-state index is 0.327. The van der Waals surface area contributed by atoms with Gasteiger partial charge in [-0.1, -0.05) is 0 Å². The van der Waals surface area contributed by atoms with Crippen molar-refractivity contribution in [3.63, 3.8) is 0 Å². The summed E-state index contributed by atoms with van der Waals surface area (Å²) in [6.45, 7) is 6.55. The predicted octanol–water partition coefficient (Wildman–Crippen LogP) is 0.240. The molecule has 108 valence electrons. The Balaban J connectivity index is 2.09. The van der Waals surface area contributed by atoms with Crippen molar-refractivity contribution < 1.29 is 14.3 Å². The lowest BCUT2D eigenvalue weighted by Crippen LogP contribution is -2.46. The normalized spacial score (nSPS) is 15.1. The van der Waals surface area contributed by atoms with Gasteiger partial charge in [0.05, 0.1) is 17.9 Å². The first-order valence-electron chi connectivity index (χ1n) is 6.60. The highest BCUT2D eigenvalue weighted by Crippen LogP contribution is 2.14. The zero-order valence-electron chi connectivity index (χ0n) is 11.7. The second-order valence-corrected chi connectivity index (χ2v) is 4.52. The number of aryl methyl sites for hydroxylation is 1. The topological polar surface area (TPSA) is 75.6 Å². The zero-order chi connectivity index (χ0) is 14.5. The Morgan fingerprint density at radius 1 is 1.40 bits per heavy atom. The van der Waals surface area contributed by atoms with E-state index >= 15 is 0 Å². The predicted molar refractivity (Wildman–Crippen MR) is 72.6 cm³/mol. The van der Waals surface area contributed by atoms with E-state index < -0.39 is 5.97 Å². The quantitative estimate of drug-likeness (QED) is 0.580. The maximum absolute atomic E-state index is 11.7. The summed E-state index contributed by atoms with van der Waals surface area (Å²) < 4.78 is 4.94. The van der Waals surface area contributed by atoms with Gasteiger partial charge in [-0.15, -0.1) is 0 Å². The fourth-order valence-corrected chi connectivity index (χ4v) is 2.04. The Labute approximate surface area is 117 Å². The van der Waals surface area contributed by atoms with Gasteiger partial charge in [0.1, 0.15) is 0 Å². The van der Waals surface area contributed by atoms with Crippen LogP contribution in [0, 0.1) is 6.92 Å². The van der Waals surface area contributed by atoms with Gasteiger partial charge in [-0.05, 0) is 13.8 Å². The highest BCUT2D eigenvalue weighted by molar-refractivity contribution is 5.90. The lowest BCUT2D eigenvalue weighted by molar-refractivity contribution is -0.118. The van der Waals surface area contributed by atoms with Crippen LogP contribution < -0.4 is 4.90 Å². The van der Waals surface area contributed by atoms with E-state index in [9.17, 15) is 9.59 Å². The van der Waals surface area contributed by atoms with Gasteiger partial charge in [0.15, 0.2) is 0 Å². The van der Waals surface area contributed by atoms with Crippen molar-refractivity contribution in [3.05, 3.63) is 17.5 Å². The highest BCUT2D eigenvalue weighted by Gasteiger charge is 2.19. The summed E-state index contributed by atoms with van der Waals surface area (Å²) in [6.07, 6.45) is 2.36. The second-order valence-electron chi connectivity index (χ2n) is 4.52. The van der Waals surface area contributed by atoms with Gasteiger partial charge >= 0.3 is 5.97 Å². The molecule has 0 unspecified atom stereocenters. The van der Waals surface area contributed by atoms with Crippen molar-refractivity contribution in [1.82, 2.24) is 14.9 Å². The monoisotopic (exact) mass is 278 g/mol. The third kappa shape index (κ3) is 3.04. The minimum atomic E-state index is -0.401. The molecule has 1 aromatic rings. The smallest absolute Gasteiger partial charge is 0.341 e. The third-order valence-corrected chi connectivity index (χ3v) is 3.21. The maximum atomic E-state index is 11.7. The Morgan fingerprint density at radius 3 is 2.65 bits per heavy atom. The number of hydrogen-bond acceptors (Lipinski definition) is 6. The molecule has 1 fully saturated rings. The largest absolute Gasteiger partial charge is 0.462 e. The number of piperazine rings is 1. The molecule has 2 heterocycles. The van der Waals surface area contributed by atoms with Gasteiger partial charge in [-0.2, -0.15) is 0 Å². The van der Waals surface area contributed by atoms with Crippen LogP contribution >= 0.6 is 0 Å². The van der Waals surface area contributed by atoms with Gasteiger partial charge in [-0.3, -0.25) is 4.79 Å². The Hall–Kier alpha value is -2.18. The van der Waals surface area contributed by atoms with Crippen LogP contribution in [0.15, 0.2) is 6.20 Å². The first-order valence-corrected chi connectivity index (χ1v) is 6.60. The number of carbonyl (C=O) groups is 2. The molecule has 1 amide bonds. The van der Waals surface area contributed by atoms with E-state index in [0.29, 0.717) is 50.0 Å². The van der Waals surface area contributed by atoms with E-state index in [0.717, 1.165) is 6.41 Å². The van der Waals surface area contributed by atoms with Crippen LogP contribution in [0.1, 0.15) is 23.0 Å². The lowest BCUT2D eigenvalue weighted by Gasteiger charge is -2.32. The van der Waals surface area contributed by atoms with Crippen LogP contribution in [0.3, 0.4) is 0 Å². The molecule has 0 aromatic carbocycles. The summed E-state index contributed by atoms with van der Waals surface area (Å²) in [5, 5.41) is 0. The summed E-state index contributed by atoms with van der Waals surface area (Å²) in [7, 11) is 0. The number of hydrogen-bond donors (Lipinski definition) is 0. The fraction of sp³-hybridized carbons (Fsp3) is 0.538. The third-order valence-electron chi connectivity index (χ3n) is 3.21. The van der Waals surface area contributed by atoms with Gasteiger partial charge in [0, 0.05) is 32.4 Å². The van der Waals surface area contributed by atoms with Crippen LogP contribution in [0.5, 0.6) is 0 Å².